The standard InChI is InChI=1S/C17H29NO/c1-6-14(4)11-18-15(5)16-7-9-17(10-8-16)19-12-13(2)3/h7-10,13-15,18H,6,11-12H2,1-5H3. The lowest BCUT2D eigenvalue weighted by Crippen LogP contribution is -2.24. The van der Waals surface area contributed by atoms with Gasteiger partial charge in [-0.2, -0.15) is 0 Å². The molecule has 2 nitrogen and oxygen atoms in total. The zero-order valence-electron chi connectivity index (χ0n) is 13.1. The number of rotatable bonds is 8. The quantitative estimate of drug-likeness (QED) is 0.749. The van der Waals surface area contributed by atoms with Crippen LogP contribution in [-0.4, -0.2) is 13.2 Å². The van der Waals surface area contributed by atoms with Gasteiger partial charge in [-0.15, -0.1) is 0 Å². The monoisotopic (exact) mass is 263 g/mol. The van der Waals surface area contributed by atoms with Gasteiger partial charge in [-0.1, -0.05) is 46.2 Å². The lowest BCUT2D eigenvalue weighted by atomic mass is 10.1. The zero-order valence-corrected chi connectivity index (χ0v) is 13.1. The molecule has 1 rings (SSSR count). The SMILES string of the molecule is CCC(C)CNC(C)c1ccc(OCC(C)C)cc1. The maximum atomic E-state index is 5.70. The van der Waals surface area contributed by atoms with Crippen molar-refractivity contribution in [2.75, 3.05) is 13.2 Å². The van der Waals surface area contributed by atoms with E-state index in [2.05, 4.69) is 64.2 Å². The molecule has 0 aliphatic rings. The molecule has 0 heterocycles. The summed E-state index contributed by atoms with van der Waals surface area (Å²) >= 11 is 0. The molecule has 0 bridgehead atoms. The van der Waals surface area contributed by atoms with E-state index in [9.17, 15) is 0 Å². The Hall–Kier alpha value is -1.02. The summed E-state index contributed by atoms with van der Waals surface area (Å²) in [5.74, 6) is 2.26. The van der Waals surface area contributed by atoms with Crippen LogP contribution in [0.15, 0.2) is 24.3 Å². The van der Waals surface area contributed by atoms with E-state index in [1.807, 2.05) is 0 Å². The highest BCUT2D eigenvalue weighted by atomic mass is 16.5. The fourth-order valence-electron chi connectivity index (χ4n) is 1.76. The van der Waals surface area contributed by atoms with Gasteiger partial charge in [0.05, 0.1) is 6.61 Å². The summed E-state index contributed by atoms with van der Waals surface area (Å²) < 4.78 is 5.70. The van der Waals surface area contributed by atoms with Gasteiger partial charge in [-0.3, -0.25) is 0 Å². The molecular weight excluding hydrogens is 234 g/mol. The molecule has 1 aromatic carbocycles. The molecule has 2 heteroatoms. The third-order valence-corrected chi connectivity index (χ3v) is 3.43. The van der Waals surface area contributed by atoms with Crippen molar-refractivity contribution < 1.29 is 4.74 Å². The number of hydrogen-bond donors (Lipinski definition) is 1. The highest BCUT2D eigenvalue weighted by molar-refractivity contribution is 5.28. The molecule has 0 aromatic heterocycles. The summed E-state index contributed by atoms with van der Waals surface area (Å²) in [5.41, 5.74) is 1.32. The van der Waals surface area contributed by atoms with Crippen LogP contribution in [-0.2, 0) is 0 Å². The molecule has 0 fully saturated rings. The summed E-state index contributed by atoms with van der Waals surface area (Å²) in [6.07, 6.45) is 1.22. The van der Waals surface area contributed by atoms with E-state index in [0.29, 0.717) is 12.0 Å². The smallest absolute Gasteiger partial charge is 0.119 e. The highest BCUT2D eigenvalue weighted by Gasteiger charge is 2.07. The van der Waals surface area contributed by atoms with Crippen LogP contribution in [0.5, 0.6) is 5.75 Å². The van der Waals surface area contributed by atoms with E-state index >= 15 is 0 Å². The minimum Gasteiger partial charge on any atom is -0.493 e. The van der Waals surface area contributed by atoms with Gasteiger partial charge in [0, 0.05) is 6.04 Å². The third kappa shape index (κ3) is 6.11. The molecule has 0 saturated carbocycles. The topological polar surface area (TPSA) is 21.3 Å². The minimum atomic E-state index is 0.396. The molecule has 108 valence electrons. The van der Waals surface area contributed by atoms with Crippen molar-refractivity contribution in [1.29, 1.82) is 0 Å². The van der Waals surface area contributed by atoms with Crippen molar-refractivity contribution in [3.63, 3.8) is 0 Å². The van der Waals surface area contributed by atoms with E-state index in [4.69, 9.17) is 4.74 Å². The summed E-state index contributed by atoms with van der Waals surface area (Å²) in [6, 6.07) is 8.85. The van der Waals surface area contributed by atoms with Crippen molar-refractivity contribution in [1.82, 2.24) is 5.32 Å². The van der Waals surface area contributed by atoms with Crippen molar-refractivity contribution in [2.45, 2.75) is 47.1 Å². The van der Waals surface area contributed by atoms with E-state index in [1.165, 1.54) is 12.0 Å². The first-order valence-electron chi connectivity index (χ1n) is 7.49. The Morgan fingerprint density at radius 3 is 2.21 bits per heavy atom. The van der Waals surface area contributed by atoms with Gasteiger partial charge < -0.3 is 10.1 Å². The van der Waals surface area contributed by atoms with Crippen molar-refractivity contribution in [2.24, 2.45) is 11.8 Å². The number of nitrogens with one attached hydrogen (secondary N) is 1. The van der Waals surface area contributed by atoms with Gasteiger partial charge in [0.1, 0.15) is 5.75 Å². The summed E-state index contributed by atoms with van der Waals surface area (Å²) in [6.45, 7) is 12.9. The Kier molecular flexibility index (Phi) is 6.93. The molecule has 0 radical (unpaired) electrons. The Labute approximate surface area is 118 Å². The van der Waals surface area contributed by atoms with Crippen LogP contribution in [0.4, 0.5) is 0 Å². The van der Waals surface area contributed by atoms with E-state index in [1.54, 1.807) is 0 Å². The fourth-order valence-corrected chi connectivity index (χ4v) is 1.76. The van der Waals surface area contributed by atoms with Gasteiger partial charge in [0.15, 0.2) is 0 Å². The first-order chi connectivity index (χ1) is 9.02. The van der Waals surface area contributed by atoms with Gasteiger partial charge >= 0.3 is 0 Å². The van der Waals surface area contributed by atoms with Gasteiger partial charge in [-0.05, 0) is 43.0 Å². The van der Waals surface area contributed by atoms with Crippen molar-refractivity contribution in [3.05, 3.63) is 29.8 Å². The zero-order chi connectivity index (χ0) is 14.3. The molecule has 0 amide bonds. The highest BCUT2D eigenvalue weighted by Crippen LogP contribution is 2.18. The minimum absolute atomic E-state index is 0.396. The molecular formula is C17H29NO. The Morgan fingerprint density at radius 2 is 1.68 bits per heavy atom. The second-order valence-corrected chi connectivity index (χ2v) is 5.92. The Morgan fingerprint density at radius 1 is 1.05 bits per heavy atom. The van der Waals surface area contributed by atoms with Crippen LogP contribution >= 0.6 is 0 Å². The predicted molar refractivity (Wildman–Crippen MR) is 82.6 cm³/mol. The first kappa shape index (κ1) is 16.0. The fraction of sp³-hybridized carbons (Fsp3) is 0.647. The molecule has 2 unspecified atom stereocenters. The van der Waals surface area contributed by atoms with Crippen LogP contribution in [0.2, 0.25) is 0 Å². The first-order valence-corrected chi connectivity index (χ1v) is 7.49. The van der Waals surface area contributed by atoms with E-state index in [0.717, 1.165) is 24.8 Å². The molecule has 2 atom stereocenters. The lowest BCUT2D eigenvalue weighted by molar-refractivity contribution is 0.271. The van der Waals surface area contributed by atoms with Gasteiger partial charge in [-0.25, -0.2) is 0 Å². The van der Waals surface area contributed by atoms with Crippen LogP contribution < -0.4 is 10.1 Å². The Bertz CT molecular complexity index is 345. The maximum Gasteiger partial charge on any atom is 0.119 e. The van der Waals surface area contributed by atoms with Crippen molar-refractivity contribution in [3.8, 4) is 5.75 Å². The van der Waals surface area contributed by atoms with Crippen molar-refractivity contribution >= 4 is 0 Å². The second kappa shape index (κ2) is 8.21. The molecule has 1 N–H and O–H groups in total. The molecule has 0 saturated heterocycles. The summed E-state index contributed by atoms with van der Waals surface area (Å²) in [5, 5.41) is 3.58. The second-order valence-electron chi connectivity index (χ2n) is 5.92. The number of benzene rings is 1. The molecule has 1 aromatic rings. The lowest BCUT2D eigenvalue weighted by Gasteiger charge is -2.17. The van der Waals surface area contributed by atoms with Crippen LogP contribution in [0.3, 0.4) is 0 Å². The van der Waals surface area contributed by atoms with Crippen LogP contribution in [0.25, 0.3) is 0 Å². The van der Waals surface area contributed by atoms with E-state index < -0.39 is 0 Å². The van der Waals surface area contributed by atoms with Gasteiger partial charge in [0.2, 0.25) is 0 Å². The normalized spacial score (nSPS) is 14.4. The number of hydrogen-bond acceptors (Lipinski definition) is 2. The molecule has 0 spiro atoms. The number of ether oxygens (including phenoxy) is 1. The maximum absolute atomic E-state index is 5.70. The van der Waals surface area contributed by atoms with Crippen LogP contribution in [0, 0.1) is 11.8 Å². The average molecular weight is 263 g/mol. The van der Waals surface area contributed by atoms with Crippen LogP contribution in [0.1, 0.15) is 52.6 Å². The summed E-state index contributed by atoms with van der Waals surface area (Å²) in [4.78, 5) is 0. The molecule has 0 aliphatic carbocycles. The Balaban J connectivity index is 2.46. The third-order valence-electron chi connectivity index (χ3n) is 3.43. The summed E-state index contributed by atoms with van der Waals surface area (Å²) in [7, 11) is 0. The molecule has 0 aliphatic heterocycles. The average Bonchev–Trinajstić information content (AvgIpc) is 2.42. The largest absolute Gasteiger partial charge is 0.493 e. The predicted octanol–water partition coefficient (Wildman–Crippen LogP) is 4.42. The van der Waals surface area contributed by atoms with E-state index in [-0.39, 0.29) is 0 Å². The van der Waals surface area contributed by atoms with Gasteiger partial charge in [0.25, 0.3) is 0 Å². The molecule has 19 heavy (non-hydrogen) atoms.